The van der Waals surface area contributed by atoms with Crippen molar-refractivity contribution in [2.75, 3.05) is 13.1 Å². The summed E-state index contributed by atoms with van der Waals surface area (Å²) in [7, 11) is 0. The molecule has 3 rings (SSSR count). The lowest BCUT2D eigenvalue weighted by Gasteiger charge is -2.22. The van der Waals surface area contributed by atoms with E-state index in [4.69, 9.17) is 10.6 Å². The Balaban J connectivity index is 0.000000168. The average molecular weight is 313 g/mol. The van der Waals surface area contributed by atoms with Crippen LogP contribution in [-0.2, 0) is 4.74 Å². The Labute approximate surface area is 136 Å². The predicted molar refractivity (Wildman–Crippen MR) is 91.6 cm³/mol. The van der Waals surface area contributed by atoms with E-state index in [0.717, 1.165) is 25.9 Å². The summed E-state index contributed by atoms with van der Waals surface area (Å²) in [4.78, 5) is 10.6. The van der Waals surface area contributed by atoms with Gasteiger partial charge in [-0.25, -0.2) is 10.6 Å². The number of hydrogen-bond acceptors (Lipinski definition) is 4. The van der Waals surface area contributed by atoms with Crippen molar-refractivity contribution < 1.29 is 9.53 Å². The molecule has 2 aromatic rings. The van der Waals surface area contributed by atoms with Crippen LogP contribution in [0.4, 0.5) is 4.79 Å². The van der Waals surface area contributed by atoms with Crippen LogP contribution in [0.2, 0.25) is 0 Å². The molecule has 1 amide bonds. The normalized spacial score (nSPS) is 14.3. The highest BCUT2D eigenvalue weighted by atomic mass is 16.6. The third kappa shape index (κ3) is 6.10. The summed E-state index contributed by atoms with van der Waals surface area (Å²) in [6.45, 7) is 1.81. The van der Waals surface area contributed by atoms with Crippen molar-refractivity contribution in [3.8, 4) is 11.1 Å². The first-order valence-corrected chi connectivity index (χ1v) is 7.78. The summed E-state index contributed by atoms with van der Waals surface area (Å²) in [6.07, 6.45) is 1.22. The second-order valence-corrected chi connectivity index (χ2v) is 5.23. The molecule has 0 aromatic heterocycles. The molecule has 23 heavy (non-hydrogen) atoms. The van der Waals surface area contributed by atoms with E-state index in [-0.39, 0.29) is 6.10 Å². The molecular formula is C18H23N3O2. The number of amides is 1. The monoisotopic (exact) mass is 313 g/mol. The predicted octanol–water partition coefficient (Wildman–Crippen LogP) is 2.69. The van der Waals surface area contributed by atoms with Crippen LogP contribution < -0.4 is 16.6 Å². The Kier molecular flexibility index (Phi) is 7.10. The Bertz CT molecular complexity index is 532. The van der Waals surface area contributed by atoms with Crippen LogP contribution in [0.15, 0.2) is 60.7 Å². The van der Waals surface area contributed by atoms with Gasteiger partial charge in [-0.05, 0) is 37.1 Å². The van der Waals surface area contributed by atoms with E-state index >= 15 is 0 Å². The van der Waals surface area contributed by atoms with Gasteiger partial charge in [0.2, 0.25) is 0 Å². The number of hydrogen-bond donors (Lipinski definition) is 3. The number of carbonyl (C=O) groups excluding carboxylic acids is 1. The standard InChI is InChI=1S/C12H10.C6H13N3O2/c1-3-7-11(8-4-1)12-9-5-2-6-10-12;7-9-6(10)11-5-1-3-8-4-2-5/h1-10H;5,8H,1-4,7H2,(H,9,10). The summed E-state index contributed by atoms with van der Waals surface area (Å²) in [5.41, 5.74) is 4.48. The van der Waals surface area contributed by atoms with Gasteiger partial charge >= 0.3 is 6.09 Å². The molecule has 122 valence electrons. The Hall–Kier alpha value is -2.37. The van der Waals surface area contributed by atoms with Crippen LogP contribution in [0.25, 0.3) is 11.1 Å². The van der Waals surface area contributed by atoms with Crippen LogP contribution in [-0.4, -0.2) is 25.3 Å². The zero-order valence-corrected chi connectivity index (χ0v) is 13.1. The zero-order chi connectivity index (χ0) is 16.3. The molecule has 0 unspecified atom stereocenters. The number of nitrogens with two attached hydrogens (primary N) is 1. The van der Waals surface area contributed by atoms with Crippen molar-refractivity contribution in [1.82, 2.24) is 10.7 Å². The molecule has 1 heterocycles. The molecule has 2 aromatic carbocycles. The van der Waals surface area contributed by atoms with Crippen molar-refractivity contribution in [2.24, 2.45) is 5.84 Å². The van der Waals surface area contributed by atoms with Crippen molar-refractivity contribution in [3.05, 3.63) is 60.7 Å². The molecule has 4 N–H and O–H groups in total. The van der Waals surface area contributed by atoms with Crippen molar-refractivity contribution >= 4 is 6.09 Å². The van der Waals surface area contributed by atoms with Crippen LogP contribution >= 0.6 is 0 Å². The number of piperidine rings is 1. The van der Waals surface area contributed by atoms with Crippen molar-refractivity contribution in [2.45, 2.75) is 18.9 Å². The van der Waals surface area contributed by atoms with Crippen LogP contribution in [0.5, 0.6) is 0 Å². The minimum absolute atomic E-state index is 0.0276. The Morgan fingerprint density at radius 1 is 0.957 bits per heavy atom. The molecule has 0 atom stereocenters. The largest absolute Gasteiger partial charge is 0.445 e. The highest BCUT2D eigenvalue weighted by Gasteiger charge is 2.16. The maximum atomic E-state index is 10.6. The molecule has 0 radical (unpaired) electrons. The highest BCUT2D eigenvalue weighted by Crippen LogP contribution is 2.17. The van der Waals surface area contributed by atoms with E-state index < -0.39 is 6.09 Å². The minimum atomic E-state index is -0.545. The second kappa shape index (κ2) is 9.61. The van der Waals surface area contributed by atoms with E-state index in [2.05, 4.69) is 53.8 Å². The third-order valence-electron chi connectivity index (χ3n) is 3.56. The number of carbonyl (C=O) groups is 1. The molecule has 0 aliphatic carbocycles. The molecule has 0 bridgehead atoms. The fraction of sp³-hybridized carbons (Fsp3) is 0.278. The van der Waals surface area contributed by atoms with Crippen molar-refractivity contribution in [1.29, 1.82) is 0 Å². The molecule has 5 heteroatoms. The Morgan fingerprint density at radius 3 is 1.87 bits per heavy atom. The smallest absolute Gasteiger partial charge is 0.421 e. The zero-order valence-electron chi connectivity index (χ0n) is 13.1. The van der Waals surface area contributed by atoms with Gasteiger partial charge in [-0.2, -0.15) is 0 Å². The summed E-state index contributed by atoms with van der Waals surface area (Å²) >= 11 is 0. The molecular weight excluding hydrogens is 290 g/mol. The fourth-order valence-corrected chi connectivity index (χ4v) is 2.36. The van der Waals surface area contributed by atoms with Gasteiger partial charge in [-0.15, -0.1) is 0 Å². The van der Waals surface area contributed by atoms with Crippen molar-refractivity contribution in [3.63, 3.8) is 0 Å². The fourth-order valence-electron chi connectivity index (χ4n) is 2.36. The van der Waals surface area contributed by atoms with Gasteiger partial charge in [0, 0.05) is 0 Å². The lowest BCUT2D eigenvalue weighted by Crippen LogP contribution is -2.38. The highest BCUT2D eigenvalue weighted by molar-refractivity contribution is 5.66. The van der Waals surface area contributed by atoms with E-state index in [0.29, 0.717) is 0 Å². The van der Waals surface area contributed by atoms with Gasteiger partial charge in [-0.3, -0.25) is 5.43 Å². The van der Waals surface area contributed by atoms with Crippen LogP contribution in [0.3, 0.4) is 0 Å². The number of benzene rings is 2. The quantitative estimate of drug-likeness (QED) is 0.453. The summed E-state index contributed by atoms with van der Waals surface area (Å²) in [6, 6.07) is 20.8. The Morgan fingerprint density at radius 2 is 1.43 bits per heavy atom. The van der Waals surface area contributed by atoms with E-state index in [1.807, 2.05) is 17.6 Å². The van der Waals surface area contributed by atoms with E-state index in [1.54, 1.807) is 0 Å². The molecule has 0 spiro atoms. The molecule has 1 saturated heterocycles. The van der Waals surface area contributed by atoms with Gasteiger partial charge in [0.15, 0.2) is 0 Å². The number of hydrazine groups is 1. The number of nitrogens with one attached hydrogen (secondary N) is 2. The third-order valence-corrected chi connectivity index (χ3v) is 3.56. The van der Waals surface area contributed by atoms with Gasteiger partial charge in [0.25, 0.3) is 0 Å². The number of rotatable bonds is 2. The van der Waals surface area contributed by atoms with Gasteiger partial charge in [0.1, 0.15) is 6.10 Å². The number of ether oxygens (including phenoxy) is 1. The topological polar surface area (TPSA) is 76.4 Å². The first-order chi connectivity index (χ1) is 11.3. The first kappa shape index (κ1) is 17.0. The average Bonchev–Trinajstić information content (AvgIpc) is 2.64. The lowest BCUT2D eigenvalue weighted by atomic mass is 10.1. The lowest BCUT2D eigenvalue weighted by molar-refractivity contribution is 0.0795. The maximum absolute atomic E-state index is 10.6. The summed E-state index contributed by atoms with van der Waals surface area (Å²) in [5, 5.41) is 3.16. The van der Waals surface area contributed by atoms with Gasteiger partial charge < -0.3 is 10.1 Å². The molecule has 1 aliphatic rings. The molecule has 1 fully saturated rings. The SMILES string of the molecule is NNC(=O)OC1CCNCC1.c1ccc(-c2ccccc2)cc1. The first-order valence-electron chi connectivity index (χ1n) is 7.78. The van der Waals surface area contributed by atoms with Gasteiger partial charge in [0.05, 0.1) is 0 Å². The molecule has 0 saturated carbocycles. The molecule has 5 nitrogen and oxygen atoms in total. The van der Waals surface area contributed by atoms with Gasteiger partial charge in [-0.1, -0.05) is 60.7 Å². The molecule has 1 aliphatic heterocycles. The van der Waals surface area contributed by atoms with E-state index in [9.17, 15) is 4.79 Å². The second-order valence-electron chi connectivity index (χ2n) is 5.23. The summed E-state index contributed by atoms with van der Waals surface area (Å²) < 4.78 is 4.93. The van der Waals surface area contributed by atoms with Crippen LogP contribution in [0, 0.1) is 0 Å². The maximum Gasteiger partial charge on any atom is 0.421 e. The van der Waals surface area contributed by atoms with Crippen LogP contribution in [0.1, 0.15) is 12.8 Å². The minimum Gasteiger partial charge on any atom is -0.445 e. The summed E-state index contributed by atoms with van der Waals surface area (Å²) in [5.74, 6) is 4.85. The van der Waals surface area contributed by atoms with E-state index in [1.165, 1.54) is 11.1 Å².